The van der Waals surface area contributed by atoms with Crippen LogP contribution in [0.2, 0.25) is 0 Å². The summed E-state index contributed by atoms with van der Waals surface area (Å²) >= 11 is 0. The van der Waals surface area contributed by atoms with E-state index in [4.69, 9.17) is 9.47 Å². The molecule has 38 heavy (non-hydrogen) atoms. The van der Waals surface area contributed by atoms with Gasteiger partial charge in [-0.25, -0.2) is 4.79 Å². The lowest BCUT2D eigenvalue weighted by atomic mass is 10.1. The molecule has 2 saturated heterocycles. The first-order valence-electron chi connectivity index (χ1n) is 13.5. The van der Waals surface area contributed by atoms with Crippen molar-refractivity contribution in [3.05, 3.63) is 48.0 Å². The third-order valence-electron chi connectivity index (χ3n) is 6.92. The molecule has 10 nitrogen and oxygen atoms in total. The number of nitrogens with zero attached hydrogens (tertiary/aromatic N) is 3. The smallest absolute Gasteiger partial charge is 0.319 e. The van der Waals surface area contributed by atoms with Crippen molar-refractivity contribution in [1.29, 1.82) is 0 Å². The van der Waals surface area contributed by atoms with Crippen molar-refractivity contribution in [2.45, 2.75) is 13.3 Å². The molecule has 2 fully saturated rings. The van der Waals surface area contributed by atoms with Gasteiger partial charge in [-0.3, -0.25) is 9.69 Å². The number of ether oxygens (including phenoxy) is 2. The standard InChI is InChI=1S/C28H40N6O4/c1-3-29-28(36)31-22-9-10-24(23(21-22)27(35)30-11-6-12-32-17-19-38-20-18-32)33-13-15-34(16-14-33)25-7-4-5-8-26(25)37-2/h4-5,7-10,21H,3,6,11-20H2,1-2H3,(H,30,35)(H2,29,31,36). The summed E-state index contributed by atoms with van der Waals surface area (Å²) in [5.41, 5.74) is 3.11. The van der Waals surface area contributed by atoms with Crippen LogP contribution in [0.4, 0.5) is 21.9 Å². The van der Waals surface area contributed by atoms with Gasteiger partial charge in [-0.2, -0.15) is 0 Å². The molecule has 3 amide bonds. The number of rotatable bonds is 10. The van der Waals surface area contributed by atoms with E-state index < -0.39 is 0 Å². The number of hydrogen-bond acceptors (Lipinski definition) is 7. The van der Waals surface area contributed by atoms with Crippen molar-refractivity contribution in [3.63, 3.8) is 0 Å². The average Bonchev–Trinajstić information content (AvgIpc) is 2.96. The predicted molar refractivity (Wildman–Crippen MR) is 151 cm³/mol. The van der Waals surface area contributed by atoms with E-state index in [0.717, 1.165) is 82.6 Å². The van der Waals surface area contributed by atoms with E-state index >= 15 is 0 Å². The molecule has 206 valence electrons. The molecule has 0 unspecified atom stereocenters. The Bertz CT molecular complexity index is 1070. The number of carbonyl (C=O) groups is 2. The largest absolute Gasteiger partial charge is 0.495 e. The van der Waals surface area contributed by atoms with Gasteiger partial charge >= 0.3 is 6.03 Å². The summed E-state index contributed by atoms with van der Waals surface area (Å²) in [4.78, 5) is 32.4. The monoisotopic (exact) mass is 524 g/mol. The van der Waals surface area contributed by atoms with Crippen molar-refractivity contribution in [2.75, 3.05) is 94.3 Å². The van der Waals surface area contributed by atoms with Gasteiger partial charge in [0.2, 0.25) is 0 Å². The van der Waals surface area contributed by atoms with E-state index in [2.05, 4.69) is 36.7 Å². The van der Waals surface area contributed by atoms with E-state index in [1.54, 1.807) is 13.2 Å². The molecule has 0 radical (unpaired) electrons. The Kier molecular flexibility index (Phi) is 10.1. The number of hydrogen-bond donors (Lipinski definition) is 3. The summed E-state index contributed by atoms with van der Waals surface area (Å²) in [6.07, 6.45) is 0.871. The number of morpholine rings is 1. The van der Waals surface area contributed by atoms with Gasteiger partial charge in [0, 0.05) is 63.7 Å². The predicted octanol–water partition coefficient (Wildman–Crippen LogP) is 2.62. The summed E-state index contributed by atoms with van der Waals surface area (Å²) in [5, 5.41) is 8.66. The minimum absolute atomic E-state index is 0.131. The zero-order chi connectivity index (χ0) is 26.7. The average molecular weight is 525 g/mol. The summed E-state index contributed by atoms with van der Waals surface area (Å²) in [6.45, 7) is 10.5. The van der Waals surface area contributed by atoms with E-state index in [1.165, 1.54) is 0 Å². The number of benzene rings is 2. The third-order valence-corrected chi connectivity index (χ3v) is 6.92. The van der Waals surface area contributed by atoms with Crippen molar-refractivity contribution >= 4 is 29.0 Å². The normalized spacial score (nSPS) is 16.2. The maximum atomic E-state index is 13.4. The van der Waals surface area contributed by atoms with Crippen molar-refractivity contribution in [2.24, 2.45) is 0 Å². The van der Waals surface area contributed by atoms with E-state index in [9.17, 15) is 9.59 Å². The second-order valence-corrected chi connectivity index (χ2v) is 9.43. The van der Waals surface area contributed by atoms with Crippen molar-refractivity contribution in [3.8, 4) is 5.75 Å². The van der Waals surface area contributed by atoms with Crippen LogP contribution in [0.1, 0.15) is 23.7 Å². The highest BCUT2D eigenvalue weighted by atomic mass is 16.5. The number of amides is 3. The molecule has 0 saturated carbocycles. The molecule has 0 aromatic heterocycles. The fourth-order valence-electron chi connectivity index (χ4n) is 4.91. The number of methoxy groups -OCH3 is 1. The molecular formula is C28H40N6O4. The zero-order valence-corrected chi connectivity index (χ0v) is 22.5. The van der Waals surface area contributed by atoms with E-state index in [0.29, 0.717) is 24.3 Å². The summed E-state index contributed by atoms with van der Waals surface area (Å²) in [7, 11) is 1.69. The van der Waals surface area contributed by atoms with Crippen molar-refractivity contribution < 1.29 is 19.1 Å². The van der Waals surface area contributed by atoms with Crippen LogP contribution in [-0.4, -0.2) is 96.1 Å². The minimum atomic E-state index is -0.289. The fourth-order valence-corrected chi connectivity index (χ4v) is 4.91. The van der Waals surface area contributed by atoms with Gasteiger partial charge in [0.15, 0.2) is 0 Å². The number of carbonyl (C=O) groups excluding carboxylic acids is 2. The van der Waals surface area contributed by atoms with Gasteiger partial charge in [-0.15, -0.1) is 0 Å². The Labute approximate surface area is 225 Å². The quantitative estimate of drug-likeness (QED) is 0.411. The number of nitrogens with one attached hydrogen (secondary N) is 3. The molecule has 0 atom stereocenters. The van der Waals surface area contributed by atoms with Crippen LogP contribution in [0.25, 0.3) is 0 Å². The molecule has 2 heterocycles. The number of para-hydroxylation sites is 2. The minimum Gasteiger partial charge on any atom is -0.495 e. The van der Waals surface area contributed by atoms with Gasteiger partial charge in [-0.05, 0) is 50.2 Å². The molecule has 4 rings (SSSR count). The van der Waals surface area contributed by atoms with Gasteiger partial charge in [0.25, 0.3) is 5.91 Å². The molecule has 3 N–H and O–H groups in total. The van der Waals surface area contributed by atoms with Crippen LogP contribution in [0.5, 0.6) is 5.75 Å². The van der Waals surface area contributed by atoms with Gasteiger partial charge in [0.05, 0.1) is 31.6 Å². The molecular weight excluding hydrogens is 484 g/mol. The second kappa shape index (κ2) is 13.9. The second-order valence-electron chi connectivity index (χ2n) is 9.43. The van der Waals surface area contributed by atoms with Crippen LogP contribution >= 0.6 is 0 Å². The molecule has 2 aliphatic rings. The highest BCUT2D eigenvalue weighted by Gasteiger charge is 2.24. The van der Waals surface area contributed by atoms with Crippen LogP contribution in [-0.2, 0) is 4.74 Å². The van der Waals surface area contributed by atoms with Crippen LogP contribution in [0, 0.1) is 0 Å². The third kappa shape index (κ3) is 7.29. The highest BCUT2D eigenvalue weighted by molar-refractivity contribution is 6.02. The van der Waals surface area contributed by atoms with Crippen LogP contribution in [0.15, 0.2) is 42.5 Å². The molecule has 10 heteroatoms. The maximum absolute atomic E-state index is 13.4. The van der Waals surface area contributed by atoms with Crippen LogP contribution < -0.4 is 30.5 Å². The van der Waals surface area contributed by atoms with Crippen molar-refractivity contribution in [1.82, 2.24) is 15.5 Å². The number of piperazine rings is 1. The Morgan fingerprint density at radius 1 is 0.921 bits per heavy atom. The van der Waals surface area contributed by atoms with Crippen LogP contribution in [0.3, 0.4) is 0 Å². The lowest BCUT2D eigenvalue weighted by Gasteiger charge is -2.38. The first-order valence-corrected chi connectivity index (χ1v) is 13.5. The first-order chi connectivity index (χ1) is 18.6. The molecule has 2 aromatic rings. The molecule has 2 aromatic carbocycles. The Morgan fingerprint density at radius 2 is 1.63 bits per heavy atom. The number of anilines is 3. The van der Waals surface area contributed by atoms with Gasteiger partial charge < -0.3 is 35.2 Å². The first kappa shape index (κ1) is 27.5. The van der Waals surface area contributed by atoms with Gasteiger partial charge in [-0.1, -0.05) is 12.1 Å². The van der Waals surface area contributed by atoms with E-state index in [-0.39, 0.29) is 11.9 Å². The van der Waals surface area contributed by atoms with E-state index in [1.807, 2.05) is 37.3 Å². The summed E-state index contributed by atoms with van der Waals surface area (Å²) < 4.78 is 11.0. The summed E-state index contributed by atoms with van der Waals surface area (Å²) in [5.74, 6) is 0.729. The summed E-state index contributed by atoms with van der Waals surface area (Å²) in [6, 6.07) is 13.3. The maximum Gasteiger partial charge on any atom is 0.319 e. The lowest BCUT2D eigenvalue weighted by molar-refractivity contribution is 0.0374. The Balaban J connectivity index is 1.43. The lowest BCUT2D eigenvalue weighted by Crippen LogP contribution is -2.47. The zero-order valence-electron chi connectivity index (χ0n) is 22.5. The molecule has 0 bridgehead atoms. The Morgan fingerprint density at radius 3 is 2.34 bits per heavy atom. The molecule has 0 aliphatic carbocycles. The highest BCUT2D eigenvalue weighted by Crippen LogP contribution is 2.31. The SMILES string of the molecule is CCNC(=O)Nc1ccc(N2CCN(c3ccccc3OC)CC2)c(C(=O)NCCCN2CCOCC2)c1. The van der Waals surface area contributed by atoms with Gasteiger partial charge in [0.1, 0.15) is 5.75 Å². The topological polar surface area (TPSA) is 98.4 Å². The molecule has 0 spiro atoms. The molecule has 2 aliphatic heterocycles. The fraction of sp³-hybridized carbons (Fsp3) is 0.500. The Hall–Kier alpha value is -3.50. The number of urea groups is 1.